The first-order chi connectivity index (χ1) is 47.7. The molecule has 0 saturated carbocycles. The van der Waals surface area contributed by atoms with Gasteiger partial charge in [0.2, 0.25) is 0 Å². The van der Waals surface area contributed by atoms with E-state index in [4.69, 9.17) is 53.8 Å². The van der Waals surface area contributed by atoms with Gasteiger partial charge in [-0.3, -0.25) is 14.4 Å². The summed E-state index contributed by atoms with van der Waals surface area (Å²) < 4.78 is 93.9. The van der Waals surface area contributed by atoms with E-state index in [-0.39, 0.29) is 39.6 Å². The molecule has 6 aromatic carbocycles. The molecule has 0 unspecified atom stereocenters. The van der Waals surface area contributed by atoms with Crippen molar-refractivity contribution in [2.75, 3.05) is 73.1 Å². The van der Waals surface area contributed by atoms with Gasteiger partial charge in [0.1, 0.15) is 35.2 Å². The van der Waals surface area contributed by atoms with E-state index in [1.54, 1.807) is 56.0 Å². The number of Topliss-reactive ketones (excluding diaryl/α,β-unsaturated/α-hetero) is 3. The normalized spacial score (nSPS) is 15.5. The van der Waals surface area contributed by atoms with Gasteiger partial charge in [-0.05, 0) is 213 Å². The highest BCUT2D eigenvalue weighted by molar-refractivity contribution is 7.92. The number of hydrogen-bond acceptors (Lipinski definition) is 12. The molecular weight excluding hydrogens is 1350 g/mol. The van der Waals surface area contributed by atoms with Crippen LogP contribution in [0.5, 0.6) is 23.0 Å². The van der Waals surface area contributed by atoms with Crippen molar-refractivity contribution in [2.24, 2.45) is 0 Å². The second kappa shape index (κ2) is 34.8. The van der Waals surface area contributed by atoms with E-state index in [1.807, 2.05) is 91.3 Å². The van der Waals surface area contributed by atoms with Crippen LogP contribution in [0.15, 0.2) is 157 Å². The molecule has 0 bridgehead atoms. The standard InChI is InChI=1S/C28H35ClN2O3.C25H29ClN2O3.C24H24ClF3N2O3S/c1-3-4-6-28(32)26-20-31(27-12-11-24(33-2)19-25(26)27)16-5-15-30-17-13-23(14-18-30)34-22-9-7-21(29)8-10-22;1-18(29)24-17-28(25-16-22(30-2)8-9-23(24)25)13-3-12-27-14-10-21(11-15-27)31-20-6-4-19(26)5-7-20;25-17-6-8-18(9-7-17)34(32,33)19-10-14-29(15-11-19)12-3-13-30-16-21(23(31)24(26,27)28)20-4-1-2-5-22(20)30/h7-12,19-20,23H,3-6,13-18H2,1-2H3;4-9,16-17,21H,3,10-15H2,1-2H3;1-2,4-9,16,19H,3,10-15H2. The molecule has 3 aromatic heterocycles. The van der Waals surface area contributed by atoms with E-state index in [9.17, 15) is 36.0 Å². The number of carbonyl (C=O) groups excluding carboxylic acids is 3. The molecule has 12 rings (SSSR count). The molecule has 0 N–H and O–H groups in total. The monoisotopic (exact) mass is 1430 g/mol. The number of para-hydroxylation sites is 1. The number of fused-ring (bicyclic) bond motifs is 3. The highest BCUT2D eigenvalue weighted by Crippen LogP contribution is 2.33. The maximum Gasteiger partial charge on any atom is 0.454 e. The quantitative estimate of drug-likeness (QED) is 0.0475. The number of hydrogen-bond donors (Lipinski definition) is 0. The van der Waals surface area contributed by atoms with Crippen LogP contribution in [0.3, 0.4) is 0 Å². The average molecular weight is 1440 g/mol. The van der Waals surface area contributed by atoms with E-state index < -0.39 is 27.0 Å². The van der Waals surface area contributed by atoms with Gasteiger partial charge in [0, 0.05) is 130 Å². The maximum atomic E-state index is 13.0. The fourth-order valence-corrected chi connectivity index (χ4v) is 15.6. The number of alkyl halides is 3. The van der Waals surface area contributed by atoms with Gasteiger partial charge in [0.25, 0.3) is 5.78 Å². The molecule has 15 nitrogen and oxygen atoms in total. The number of ketones is 3. The molecule has 3 saturated heterocycles. The number of sulfone groups is 1. The molecule has 528 valence electrons. The summed E-state index contributed by atoms with van der Waals surface area (Å²) >= 11 is 17.8. The SMILES string of the molecule is CCCCC(=O)c1cn(CCCN2CCC(Oc3ccc(Cl)cc3)CC2)c2ccc(OC)cc12.COc1ccc2c(C(C)=O)cn(CCCN3CCC(Oc4ccc(Cl)cc4)CC3)c2c1.O=C(c1cn(CCCN2CCC(S(=O)(=O)c3ccc(Cl)cc3)CC2)c2ccccc12)C(F)(F)F. The van der Waals surface area contributed by atoms with E-state index in [2.05, 4.69) is 36.8 Å². The van der Waals surface area contributed by atoms with Crippen LogP contribution in [0.25, 0.3) is 32.7 Å². The van der Waals surface area contributed by atoms with Crippen LogP contribution in [-0.4, -0.2) is 151 Å². The van der Waals surface area contributed by atoms with Gasteiger partial charge >= 0.3 is 6.18 Å². The smallest absolute Gasteiger partial charge is 0.454 e. The van der Waals surface area contributed by atoms with Gasteiger partial charge in [0.05, 0.1) is 35.4 Å². The van der Waals surface area contributed by atoms with Gasteiger partial charge < -0.3 is 47.3 Å². The molecule has 0 aliphatic carbocycles. The highest BCUT2D eigenvalue weighted by atomic mass is 35.5. The van der Waals surface area contributed by atoms with E-state index in [0.717, 1.165) is 170 Å². The second-order valence-corrected chi connectivity index (χ2v) is 29.3. The number of benzene rings is 6. The summed E-state index contributed by atoms with van der Waals surface area (Å²) in [5, 5.41) is 3.78. The molecule has 99 heavy (non-hydrogen) atoms. The predicted octanol–water partition coefficient (Wildman–Crippen LogP) is 17.4. The number of aryl methyl sites for hydroxylation is 3. The average Bonchev–Trinajstić information content (AvgIpc) is 1.68. The first kappa shape index (κ1) is 74.3. The molecule has 0 amide bonds. The highest BCUT2D eigenvalue weighted by Gasteiger charge is 2.41. The predicted molar refractivity (Wildman–Crippen MR) is 388 cm³/mol. The van der Waals surface area contributed by atoms with Crippen LogP contribution >= 0.6 is 34.8 Å². The largest absolute Gasteiger partial charge is 0.497 e. The van der Waals surface area contributed by atoms with Gasteiger partial charge in [-0.15, -0.1) is 0 Å². The lowest BCUT2D eigenvalue weighted by Gasteiger charge is -2.32. The van der Waals surface area contributed by atoms with Crippen LogP contribution in [0, 0.1) is 0 Å². The number of unbranched alkanes of at least 4 members (excludes halogenated alkanes) is 1. The van der Waals surface area contributed by atoms with Gasteiger partial charge in [-0.25, -0.2) is 8.42 Å². The molecule has 0 spiro atoms. The molecule has 9 aromatic rings. The third-order valence-corrected chi connectivity index (χ3v) is 22.0. The molecular formula is C77H88Cl3F3N6O9S. The minimum Gasteiger partial charge on any atom is -0.497 e. The molecule has 3 fully saturated rings. The fraction of sp³-hybridized carbons (Fsp3) is 0.416. The lowest BCUT2D eigenvalue weighted by Crippen LogP contribution is -2.39. The van der Waals surface area contributed by atoms with Crippen molar-refractivity contribution in [3.8, 4) is 23.0 Å². The number of nitrogens with zero attached hydrogens (tertiary/aromatic N) is 6. The van der Waals surface area contributed by atoms with Gasteiger partial charge in [-0.1, -0.05) is 66.3 Å². The van der Waals surface area contributed by atoms with Crippen molar-refractivity contribution in [3.63, 3.8) is 0 Å². The molecule has 0 atom stereocenters. The Kier molecular flexibility index (Phi) is 26.1. The Morgan fingerprint density at radius 2 is 0.909 bits per heavy atom. The fourth-order valence-electron chi connectivity index (χ4n) is 13.5. The lowest BCUT2D eigenvalue weighted by atomic mass is 10.0. The Hall–Kier alpha value is -7.36. The molecule has 3 aliphatic heterocycles. The Balaban J connectivity index is 0.000000161. The van der Waals surface area contributed by atoms with Crippen molar-refractivity contribution in [1.82, 2.24) is 28.4 Å². The van der Waals surface area contributed by atoms with Crippen molar-refractivity contribution in [1.29, 1.82) is 0 Å². The lowest BCUT2D eigenvalue weighted by molar-refractivity contribution is -0.0884. The van der Waals surface area contributed by atoms with Crippen LogP contribution in [0.1, 0.15) is 122 Å². The zero-order valence-electron chi connectivity index (χ0n) is 56.7. The van der Waals surface area contributed by atoms with Crippen LogP contribution in [0.4, 0.5) is 13.2 Å². The summed E-state index contributed by atoms with van der Waals surface area (Å²) in [6, 6.07) is 39.9. The second-order valence-electron chi connectivity index (χ2n) is 25.7. The first-order valence-electron chi connectivity index (χ1n) is 34.3. The molecule has 22 heteroatoms. The number of rotatable bonds is 26. The third-order valence-electron chi connectivity index (χ3n) is 18.9. The number of aromatic nitrogens is 3. The third kappa shape index (κ3) is 19.8. The minimum absolute atomic E-state index is 0.0941. The molecule has 3 aliphatic rings. The first-order valence-corrected chi connectivity index (χ1v) is 36.9. The molecule has 0 radical (unpaired) electrons. The van der Waals surface area contributed by atoms with Gasteiger partial charge in [-0.2, -0.15) is 13.2 Å². The van der Waals surface area contributed by atoms with E-state index in [1.165, 1.54) is 24.4 Å². The summed E-state index contributed by atoms with van der Waals surface area (Å²) in [5.41, 5.74) is 4.01. The number of piperidine rings is 3. The van der Waals surface area contributed by atoms with Crippen LogP contribution < -0.4 is 18.9 Å². The van der Waals surface area contributed by atoms with Crippen molar-refractivity contribution < 1.29 is 54.9 Å². The van der Waals surface area contributed by atoms with Crippen molar-refractivity contribution in [2.45, 2.75) is 139 Å². The summed E-state index contributed by atoms with van der Waals surface area (Å²) in [6.07, 6.45) is 11.3. The summed E-state index contributed by atoms with van der Waals surface area (Å²) in [4.78, 5) is 44.2. The Morgan fingerprint density at radius 1 is 0.485 bits per heavy atom. The number of carbonyl (C=O) groups is 3. The number of ether oxygens (including phenoxy) is 4. The number of halogens is 6. The Morgan fingerprint density at radius 3 is 1.40 bits per heavy atom. The van der Waals surface area contributed by atoms with Crippen molar-refractivity contribution in [3.05, 3.63) is 184 Å². The number of likely N-dealkylation sites (tertiary alicyclic amines) is 3. The van der Waals surface area contributed by atoms with E-state index in [0.29, 0.717) is 62.4 Å². The number of methoxy groups -OCH3 is 2. The Bertz CT molecular complexity index is 4270. The summed E-state index contributed by atoms with van der Waals surface area (Å²) in [5.74, 6) is 1.86. The zero-order chi connectivity index (χ0) is 70.2. The summed E-state index contributed by atoms with van der Waals surface area (Å²) in [6.45, 7) is 14.1. The van der Waals surface area contributed by atoms with Crippen molar-refractivity contribution >= 4 is 94.7 Å². The topological polar surface area (TPSA) is 147 Å². The summed E-state index contributed by atoms with van der Waals surface area (Å²) in [7, 11) is -0.0864. The van der Waals surface area contributed by atoms with Crippen LogP contribution in [-0.2, 0) is 29.5 Å². The Labute approximate surface area is 593 Å². The van der Waals surface area contributed by atoms with Gasteiger partial charge in [0.15, 0.2) is 21.4 Å². The van der Waals surface area contributed by atoms with E-state index >= 15 is 0 Å². The molecule has 6 heterocycles. The zero-order valence-corrected chi connectivity index (χ0v) is 59.8. The maximum absolute atomic E-state index is 13.0. The minimum atomic E-state index is -4.92. The van der Waals surface area contributed by atoms with Crippen LogP contribution in [0.2, 0.25) is 15.1 Å².